The van der Waals surface area contributed by atoms with Crippen LogP contribution in [-0.4, -0.2) is 11.4 Å². The fourth-order valence-corrected chi connectivity index (χ4v) is 2.66. The molecule has 2 aromatic carbocycles. The molecule has 108 valence electrons. The van der Waals surface area contributed by atoms with Gasteiger partial charge >= 0.3 is 0 Å². The third-order valence-electron chi connectivity index (χ3n) is 3.74. The standard InChI is InChI=1S/C17H17FN2O/c1-17(2)16(21)20(12-8-4-3-5-9-12)15(19-17)13-10-6-7-11-14(13)18/h3-11,15,19H,1-2H3. The molecule has 0 aromatic heterocycles. The normalized spacial score (nSPS) is 20.8. The van der Waals surface area contributed by atoms with Gasteiger partial charge in [0.25, 0.3) is 0 Å². The molecule has 21 heavy (non-hydrogen) atoms. The summed E-state index contributed by atoms with van der Waals surface area (Å²) >= 11 is 0. The van der Waals surface area contributed by atoms with Gasteiger partial charge in [0.15, 0.2) is 0 Å². The molecule has 0 saturated carbocycles. The highest BCUT2D eigenvalue weighted by atomic mass is 19.1. The molecule has 1 fully saturated rings. The van der Waals surface area contributed by atoms with E-state index in [2.05, 4.69) is 5.32 Å². The van der Waals surface area contributed by atoms with Gasteiger partial charge in [-0.3, -0.25) is 15.0 Å². The van der Waals surface area contributed by atoms with E-state index < -0.39 is 11.7 Å². The number of carbonyl (C=O) groups excluding carboxylic acids is 1. The zero-order chi connectivity index (χ0) is 15.0. The number of rotatable bonds is 2. The van der Waals surface area contributed by atoms with Gasteiger partial charge in [-0.15, -0.1) is 0 Å². The molecule has 1 N–H and O–H groups in total. The van der Waals surface area contributed by atoms with E-state index in [0.717, 1.165) is 5.69 Å². The number of benzene rings is 2. The van der Waals surface area contributed by atoms with Crippen LogP contribution in [0.4, 0.5) is 10.1 Å². The van der Waals surface area contributed by atoms with Gasteiger partial charge in [-0.2, -0.15) is 0 Å². The molecule has 1 amide bonds. The Labute approximate surface area is 123 Å². The monoisotopic (exact) mass is 284 g/mol. The van der Waals surface area contributed by atoms with Crippen molar-refractivity contribution in [1.29, 1.82) is 0 Å². The van der Waals surface area contributed by atoms with Crippen molar-refractivity contribution in [3.05, 3.63) is 66.0 Å². The highest BCUT2D eigenvalue weighted by molar-refractivity contribution is 6.02. The van der Waals surface area contributed by atoms with Crippen LogP contribution in [0.2, 0.25) is 0 Å². The Morgan fingerprint density at radius 1 is 1.05 bits per heavy atom. The summed E-state index contributed by atoms with van der Waals surface area (Å²) in [6, 6.07) is 15.9. The molecule has 0 radical (unpaired) electrons. The topological polar surface area (TPSA) is 32.3 Å². The van der Waals surface area contributed by atoms with Gasteiger partial charge in [0.05, 0.1) is 5.54 Å². The van der Waals surface area contributed by atoms with Gasteiger partial charge in [-0.1, -0.05) is 36.4 Å². The molecule has 1 unspecified atom stereocenters. The molecule has 0 aliphatic carbocycles. The van der Waals surface area contributed by atoms with E-state index in [1.54, 1.807) is 23.1 Å². The number of nitrogens with zero attached hydrogens (tertiary/aromatic N) is 1. The first-order chi connectivity index (χ1) is 10.0. The van der Waals surface area contributed by atoms with Crippen molar-refractivity contribution in [2.24, 2.45) is 0 Å². The van der Waals surface area contributed by atoms with Gasteiger partial charge in [-0.25, -0.2) is 4.39 Å². The molecule has 1 atom stereocenters. The van der Waals surface area contributed by atoms with E-state index in [9.17, 15) is 9.18 Å². The Morgan fingerprint density at radius 2 is 1.67 bits per heavy atom. The summed E-state index contributed by atoms with van der Waals surface area (Å²) in [5.74, 6) is -0.386. The van der Waals surface area contributed by atoms with Gasteiger partial charge in [0.2, 0.25) is 5.91 Å². The summed E-state index contributed by atoms with van der Waals surface area (Å²) in [5.41, 5.74) is 0.497. The summed E-state index contributed by atoms with van der Waals surface area (Å²) in [6.45, 7) is 3.62. The van der Waals surface area contributed by atoms with E-state index >= 15 is 0 Å². The SMILES string of the molecule is CC1(C)NC(c2ccccc2F)N(c2ccccc2)C1=O. The number of halogens is 1. The summed E-state index contributed by atoms with van der Waals surface area (Å²) in [6.07, 6.45) is -0.504. The van der Waals surface area contributed by atoms with Crippen LogP contribution in [0.3, 0.4) is 0 Å². The second-order valence-electron chi connectivity index (χ2n) is 5.70. The maximum atomic E-state index is 14.1. The predicted molar refractivity (Wildman–Crippen MR) is 80.3 cm³/mol. The quantitative estimate of drug-likeness (QED) is 0.918. The van der Waals surface area contributed by atoms with Crippen molar-refractivity contribution in [2.75, 3.05) is 4.90 Å². The van der Waals surface area contributed by atoms with Gasteiger partial charge in [-0.05, 0) is 32.0 Å². The molecule has 0 spiro atoms. The fourth-order valence-electron chi connectivity index (χ4n) is 2.66. The van der Waals surface area contributed by atoms with Gasteiger partial charge < -0.3 is 0 Å². The molecule has 1 heterocycles. The second kappa shape index (κ2) is 4.97. The lowest BCUT2D eigenvalue weighted by molar-refractivity contribution is -0.121. The van der Waals surface area contributed by atoms with E-state index in [4.69, 9.17) is 0 Å². The zero-order valence-corrected chi connectivity index (χ0v) is 12.0. The first-order valence-corrected chi connectivity index (χ1v) is 6.91. The zero-order valence-electron chi connectivity index (χ0n) is 12.0. The fraction of sp³-hybridized carbons (Fsp3) is 0.235. The Bertz CT molecular complexity index is 670. The lowest BCUT2D eigenvalue weighted by Crippen LogP contribution is -2.40. The van der Waals surface area contributed by atoms with Crippen LogP contribution in [0, 0.1) is 5.82 Å². The predicted octanol–water partition coefficient (Wildman–Crippen LogP) is 3.24. The third kappa shape index (κ3) is 2.32. The van der Waals surface area contributed by atoms with Crippen LogP contribution in [-0.2, 0) is 4.79 Å². The molecular formula is C17H17FN2O. The summed E-state index contributed by atoms with van der Waals surface area (Å²) in [5, 5.41) is 3.22. The number of carbonyl (C=O) groups is 1. The van der Waals surface area contributed by atoms with Gasteiger partial charge in [0, 0.05) is 11.3 Å². The maximum Gasteiger partial charge on any atom is 0.248 e. The molecule has 1 aliphatic heterocycles. The van der Waals surface area contributed by atoms with Crippen LogP contribution in [0.15, 0.2) is 54.6 Å². The summed E-state index contributed by atoms with van der Waals surface area (Å²) in [7, 11) is 0. The first-order valence-electron chi connectivity index (χ1n) is 6.91. The lowest BCUT2D eigenvalue weighted by Gasteiger charge is -2.24. The highest BCUT2D eigenvalue weighted by Gasteiger charge is 2.46. The molecule has 3 nitrogen and oxygen atoms in total. The smallest absolute Gasteiger partial charge is 0.248 e. The number of anilines is 1. The average Bonchev–Trinajstić information content (AvgIpc) is 2.71. The minimum Gasteiger partial charge on any atom is -0.290 e. The first kappa shape index (κ1) is 13.8. The minimum absolute atomic E-state index is 0.0676. The number of nitrogens with one attached hydrogen (secondary N) is 1. The molecule has 4 heteroatoms. The van der Waals surface area contributed by atoms with Crippen molar-refractivity contribution < 1.29 is 9.18 Å². The molecule has 3 rings (SSSR count). The minimum atomic E-state index is -0.733. The van der Waals surface area contributed by atoms with E-state index in [0.29, 0.717) is 5.56 Å². The Balaban J connectivity index is 2.10. The summed E-state index contributed by atoms with van der Waals surface area (Å²) in [4.78, 5) is 14.3. The van der Waals surface area contributed by atoms with Crippen molar-refractivity contribution in [1.82, 2.24) is 5.32 Å². The highest BCUT2D eigenvalue weighted by Crippen LogP contribution is 2.35. The molecule has 0 bridgehead atoms. The van der Waals surface area contributed by atoms with Crippen molar-refractivity contribution in [3.8, 4) is 0 Å². The van der Waals surface area contributed by atoms with Crippen molar-refractivity contribution in [3.63, 3.8) is 0 Å². The Hall–Kier alpha value is -2.20. The van der Waals surface area contributed by atoms with E-state index in [-0.39, 0.29) is 11.7 Å². The maximum absolute atomic E-state index is 14.1. The number of hydrogen-bond donors (Lipinski definition) is 1. The van der Waals surface area contributed by atoms with Crippen LogP contribution >= 0.6 is 0 Å². The third-order valence-corrected chi connectivity index (χ3v) is 3.74. The summed E-state index contributed by atoms with van der Waals surface area (Å²) < 4.78 is 14.1. The Kier molecular flexibility index (Phi) is 3.26. The van der Waals surface area contributed by atoms with Crippen LogP contribution < -0.4 is 10.2 Å². The van der Waals surface area contributed by atoms with E-state index in [1.807, 2.05) is 44.2 Å². The number of para-hydroxylation sites is 1. The van der Waals surface area contributed by atoms with Crippen LogP contribution in [0.25, 0.3) is 0 Å². The van der Waals surface area contributed by atoms with E-state index in [1.165, 1.54) is 6.07 Å². The molecular weight excluding hydrogens is 267 g/mol. The molecule has 1 saturated heterocycles. The van der Waals surface area contributed by atoms with Crippen LogP contribution in [0.1, 0.15) is 25.6 Å². The number of hydrogen-bond acceptors (Lipinski definition) is 2. The second-order valence-corrected chi connectivity index (χ2v) is 5.70. The lowest BCUT2D eigenvalue weighted by atomic mass is 10.1. The van der Waals surface area contributed by atoms with Crippen LogP contribution in [0.5, 0.6) is 0 Å². The number of amides is 1. The van der Waals surface area contributed by atoms with Crippen molar-refractivity contribution >= 4 is 11.6 Å². The largest absolute Gasteiger partial charge is 0.290 e. The molecule has 1 aliphatic rings. The van der Waals surface area contributed by atoms with Gasteiger partial charge in [0.1, 0.15) is 12.0 Å². The molecule has 2 aromatic rings. The average molecular weight is 284 g/mol. The Morgan fingerprint density at radius 3 is 2.33 bits per heavy atom. The van der Waals surface area contributed by atoms with Crippen molar-refractivity contribution in [2.45, 2.75) is 25.6 Å².